The number of carbonyl (C=O) groups excluding carboxylic acids is 1. The average Bonchev–Trinajstić information content (AvgIpc) is 3.45. The van der Waals surface area contributed by atoms with E-state index in [1.54, 1.807) is 0 Å². The van der Waals surface area contributed by atoms with Crippen molar-refractivity contribution in [1.29, 1.82) is 0 Å². The van der Waals surface area contributed by atoms with E-state index in [-0.39, 0.29) is 22.7 Å². The molecule has 0 bridgehead atoms. The Hall–Kier alpha value is -0.690. The molecule has 168 valence electrons. The molecule has 2 aliphatic heterocycles. The highest BCUT2D eigenvalue weighted by atomic mass is 16.7. The summed E-state index contributed by atoms with van der Waals surface area (Å²) in [7, 11) is 0. The first-order valence-corrected chi connectivity index (χ1v) is 12.2. The molecule has 30 heavy (non-hydrogen) atoms. The predicted octanol–water partition coefficient (Wildman–Crippen LogP) is 3.24. The van der Waals surface area contributed by atoms with Crippen LogP contribution in [0, 0.1) is 34.5 Å². The van der Waals surface area contributed by atoms with Crippen molar-refractivity contribution in [3.8, 4) is 0 Å². The van der Waals surface area contributed by atoms with Crippen molar-refractivity contribution in [1.82, 2.24) is 5.32 Å². The monoisotopic (exact) mass is 419 g/mol. The molecule has 2 saturated heterocycles. The number of ether oxygens (including phenoxy) is 4. The Kier molecular flexibility index (Phi) is 4.43. The normalized spacial score (nSPS) is 50.8. The Labute approximate surface area is 179 Å². The second kappa shape index (κ2) is 6.66. The van der Waals surface area contributed by atoms with Gasteiger partial charge in [-0.3, -0.25) is 4.79 Å². The summed E-state index contributed by atoms with van der Waals surface area (Å²) in [5.41, 5.74) is 0.311. The first kappa shape index (κ1) is 20.0. The minimum Gasteiger partial charge on any atom is -0.356 e. The first-order chi connectivity index (χ1) is 14.5. The molecule has 4 saturated carbocycles. The topological polar surface area (TPSA) is 66.0 Å². The molecule has 6 heteroatoms. The van der Waals surface area contributed by atoms with Crippen LogP contribution in [-0.4, -0.2) is 50.5 Å². The van der Waals surface area contributed by atoms with Crippen LogP contribution in [0.4, 0.5) is 0 Å². The fourth-order valence-corrected chi connectivity index (χ4v) is 9.19. The van der Waals surface area contributed by atoms with Gasteiger partial charge in [0, 0.05) is 30.7 Å². The highest BCUT2D eigenvalue weighted by Crippen LogP contribution is 2.70. The highest BCUT2D eigenvalue weighted by Gasteiger charge is 2.69. The molecule has 6 rings (SSSR count). The standard InChI is InChI=1S/C24H37NO5/c1-21-7-8-23(27-9-10-28-23)14-19(21)20(25-15-26)13-16-17(21)3-5-22(2)18(16)4-6-24(22)29-11-12-30-24/h15-20H,3-14H2,1-2H3,(H,25,26)/t16-,17+,18+,19?,20+,21-,22+/m1/s1. The maximum Gasteiger partial charge on any atom is 0.207 e. The van der Waals surface area contributed by atoms with Gasteiger partial charge < -0.3 is 24.3 Å². The van der Waals surface area contributed by atoms with E-state index in [0.29, 0.717) is 36.9 Å². The zero-order chi connectivity index (χ0) is 20.6. The van der Waals surface area contributed by atoms with Crippen LogP contribution >= 0.6 is 0 Å². The molecule has 4 aliphatic carbocycles. The third-order valence-corrected chi connectivity index (χ3v) is 10.6. The molecule has 0 radical (unpaired) electrons. The molecule has 7 atom stereocenters. The molecule has 0 aromatic carbocycles. The van der Waals surface area contributed by atoms with Crippen molar-refractivity contribution in [2.45, 2.75) is 82.8 Å². The van der Waals surface area contributed by atoms with E-state index in [1.807, 2.05) is 0 Å². The van der Waals surface area contributed by atoms with Crippen LogP contribution in [0.5, 0.6) is 0 Å². The molecular weight excluding hydrogens is 382 g/mol. The van der Waals surface area contributed by atoms with Crippen LogP contribution in [0.2, 0.25) is 0 Å². The molecule has 6 aliphatic rings. The second-order valence-electron chi connectivity index (χ2n) is 11.4. The molecule has 0 aromatic rings. The number of amides is 1. The van der Waals surface area contributed by atoms with E-state index in [2.05, 4.69) is 19.2 Å². The van der Waals surface area contributed by atoms with Gasteiger partial charge in [0.2, 0.25) is 6.41 Å². The summed E-state index contributed by atoms with van der Waals surface area (Å²) in [4.78, 5) is 11.6. The van der Waals surface area contributed by atoms with Gasteiger partial charge in [0.1, 0.15) is 0 Å². The lowest BCUT2D eigenvalue weighted by Crippen LogP contribution is -2.63. The minimum absolute atomic E-state index is 0.0904. The highest BCUT2D eigenvalue weighted by molar-refractivity contribution is 5.47. The lowest BCUT2D eigenvalue weighted by molar-refractivity contribution is -0.260. The van der Waals surface area contributed by atoms with Gasteiger partial charge in [0.25, 0.3) is 0 Å². The Morgan fingerprint density at radius 1 is 0.833 bits per heavy atom. The van der Waals surface area contributed by atoms with Crippen LogP contribution in [0.25, 0.3) is 0 Å². The van der Waals surface area contributed by atoms with Crippen molar-refractivity contribution >= 4 is 6.41 Å². The molecule has 2 heterocycles. The first-order valence-electron chi connectivity index (χ1n) is 12.2. The largest absolute Gasteiger partial charge is 0.356 e. The quantitative estimate of drug-likeness (QED) is 0.696. The molecule has 1 N–H and O–H groups in total. The number of hydrogen-bond acceptors (Lipinski definition) is 5. The van der Waals surface area contributed by atoms with Crippen LogP contribution in [0.1, 0.15) is 65.2 Å². The Morgan fingerprint density at radius 2 is 1.53 bits per heavy atom. The molecule has 1 unspecified atom stereocenters. The molecule has 1 amide bonds. The van der Waals surface area contributed by atoms with Gasteiger partial charge in [0.05, 0.1) is 26.4 Å². The second-order valence-corrected chi connectivity index (χ2v) is 11.4. The van der Waals surface area contributed by atoms with Crippen LogP contribution in [-0.2, 0) is 23.7 Å². The zero-order valence-corrected chi connectivity index (χ0v) is 18.5. The van der Waals surface area contributed by atoms with E-state index in [0.717, 1.165) is 51.7 Å². The fourth-order valence-electron chi connectivity index (χ4n) is 9.19. The van der Waals surface area contributed by atoms with E-state index >= 15 is 0 Å². The summed E-state index contributed by atoms with van der Waals surface area (Å²) in [5.74, 6) is 1.56. The van der Waals surface area contributed by atoms with Gasteiger partial charge in [-0.1, -0.05) is 13.8 Å². The molecule has 6 fully saturated rings. The summed E-state index contributed by atoms with van der Waals surface area (Å²) in [6.45, 7) is 7.79. The summed E-state index contributed by atoms with van der Waals surface area (Å²) < 4.78 is 24.8. The fraction of sp³-hybridized carbons (Fsp3) is 0.958. The van der Waals surface area contributed by atoms with Crippen LogP contribution < -0.4 is 5.32 Å². The third-order valence-electron chi connectivity index (χ3n) is 10.6. The lowest BCUT2D eigenvalue weighted by Gasteiger charge is -2.64. The molecule has 0 aromatic heterocycles. The van der Waals surface area contributed by atoms with Crippen molar-refractivity contribution in [3.05, 3.63) is 0 Å². The third kappa shape index (κ3) is 2.48. The Bertz CT molecular complexity index is 702. The van der Waals surface area contributed by atoms with Gasteiger partial charge in [-0.25, -0.2) is 0 Å². The van der Waals surface area contributed by atoms with Crippen molar-refractivity contribution < 1.29 is 23.7 Å². The summed E-state index contributed by atoms with van der Waals surface area (Å²) in [6.07, 6.45) is 9.63. The van der Waals surface area contributed by atoms with Gasteiger partial charge in [-0.15, -0.1) is 0 Å². The van der Waals surface area contributed by atoms with Crippen molar-refractivity contribution in [2.24, 2.45) is 34.5 Å². The number of nitrogens with one attached hydrogen (secondary N) is 1. The predicted molar refractivity (Wildman–Crippen MR) is 109 cm³/mol. The summed E-state index contributed by atoms with van der Waals surface area (Å²) in [5, 5.41) is 3.25. The van der Waals surface area contributed by atoms with Crippen molar-refractivity contribution in [2.75, 3.05) is 26.4 Å². The molecule has 6 nitrogen and oxygen atoms in total. The average molecular weight is 420 g/mol. The number of hydrogen-bond donors (Lipinski definition) is 1. The van der Waals surface area contributed by atoms with E-state index in [1.165, 1.54) is 19.3 Å². The van der Waals surface area contributed by atoms with E-state index < -0.39 is 5.79 Å². The number of fused-ring (bicyclic) bond motifs is 6. The SMILES string of the molecule is C[C@]12CCC3(CC1[C@@H](NC=O)C[C@@H]1[C@@H]2CC[C@@]2(C)[C@H]1CCC21OCCO1)OCCO3. The van der Waals surface area contributed by atoms with Gasteiger partial charge in [0.15, 0.2) is 11.6 Å². The maximum atomic E-state index is 11.6. The Balaban J connectivity index is 1.33. The minimum atomic E-state index is -0.411. The number of carbonyl (C=O) groups is 1. The zero-order valence-electron chi connectivity index (χ0n) is 18.5. The van der Waals surface area contributed by atoms with Crippen LogP contribution in [0.3, 0.4) is 0 Å². The van der Waals surface area contributed by atoms with Gasteiger partial charge >= 0.3 is 0 Å². The van der Waals surface area contributed by atoms with Crippen LogP contribution in [0.15, 0.2) is 0 Å². The van der Waals surface area contributed by atoms with E-state index in [4.69, 9.17) is 18.9 Å². The lowest BCUT2D eigenvalue weighted by atomic mass is 9.43. The summed E-state index contributed by atoms with van der Waals surface area (Å²) >= 11 is 0. The smallest absolute Gasteiger partial charge is 0.207 e. The maximum absolute atomic E-state index is 11.6. The van der Waals surface area contributed by atoms with E-state index in [9.17, 15) is 4.79 Å². The van der Waals surface area contributed by atoms with Crippen molar-refractivity contribution in [3.63, 3.8) is 0 Å². The Morgan fingerprint density at radius 3 is 2.27 bits per heavy atom. The molecule has 2 spiro atoms. The van der Waals surface area contributed by atoms with Gasteiger partial charge in [-0.05, 0) is 61.2 Å². The molecular formula is C24H37NO5. The number of rotatable bonds is 2. The van der Waals surface area contributed by atoms with Gasteiger partial charge in [-0.2, -0.15) is 0 Å². The summed E-state index contributed by atoms with van der Waals surface area (Å²) in [6, 6.07) is 0.197.